The third-order valence-electron chi connectivity index (χ3n) is 7.17. The lowest BCUT2D eigenvalue weighted by Crippen LogP contribution is -2.49. The monoisotopic (exact) mass is 450 g/mol. The van der Waals surface area contributed by atoms with Gasteiger partial charge in [-0.05, 0) is 61.7 Å². The molecule has 2 unspecified atom stereocenters. The van der Waals surface area contributed by atoms with Crippen LogP contribution < -0.4 is 9.47 Å². The van der Waals surface area contributed by atoms with E-state index >= 15 is 0 Å². The third kappa shape index (κ3) is 6.38. The van der Waals surface area contributed by atoms with Crippen LogP contribution in [-0.2, 0) is 6.42 Å². The quantitative estimate of drug-likeness (QED) is 0.583. The van der Waals surface area contributed by atoms with E-state index in [1.165, 1.54) is 11.1 Å². The maximum Gasteiger partial charge on any atom is 0.119 e. The molecule has 2 atom stereocenters. The molecule has 2 aromatic carbocycles. The first-order valence-corrected chi connectivity index (χ1v) is 12.2. The lowest BCUT2D eigenvalue weighted by Gasteiger charge is -2.42. The molecule has 178 valence electrons. The van der Waals surface area contributed by atoms with Crippen molar-refractivity contribution in [3.05, 3.63) is 71.8 Å². The van der Waals surface area contributed by atoms with Crippen LogP contribution in [0.4, 0.5) is 0 Å². The Bertz CT molecular complexity index is 888. The standard InChI is InChI=1S/C28H38N2O3/c1-29-17-19-30(20-18-29)22-27(28(31)15-4-3-5-16-28)24-8-12-26(13-9-24)33-21-14-23-6-10-25(32-2)11-7-23/h3-4,6-13,27,31H,5,14-22H2,1-2H3. The van der Waals surface area contributed by atoms with E-state index in [4.69, 9.17) is 9.47 Å². The van der Waals surface area contributed by atoms with Crippen molar-refractivity contribution in [1.29, 1.82) is 0 Å². The van der Waals surface area contributed by atoms with Crippen molar-refractivity contribution >= 4 is 0 Å². The van der Waals surface area contributed by atoms with E-state index in [1.807, 2.05) is 12.1 Å². The Morgan fingerprint density at radius 2 is 1.64 bits per heavy atom. The van der Waals surface area contributed by atoms with Crippen LogP contribution in [0.15, 0.2) is 60.7 Å². The van der Waals surface area contributed by atoms with Crippen molar-refractivity contribution in [2.24, 2.45) is 0 Å². The lowest BCUT2D eigenvalue weighted by molar-refractivity contribution is -0.0117. The molecule has 1 fully saturated rings. The third-order valence-corrected chi connectivity index (χ3v) is 7.17. The van der Waals surface area contributed by atoms with Gasteiger partial charge < -0.3 is 24.4 Å². The molecule has 1 aliphatic carbocycles. The normalized spacial score (nSPS) is 22.8. The largest absolute Gasteiger partial charge is 0.497 e. The first-order valence-electron chi connectivity index (χ1n) is 12.2. The molecule has 0 spiro atoms. The van der Waals surface area contributed by atoms with E-state index < -0.39 is 5.60 Å². The van der Waals surface area contributed by atoms with Gasteiger partial charge in [0.1, 0.15) is 11.5 Å². The van der Waals surface area contributed by atoms with E-state index in [-0.39, 0.29) is 5.92 Å². The Morgan fingerprint density at radius 1 is 0.939 bits per heavy atom. The van der Waals surface area contributed by atoms with Gasteiger partial charge in [0.05, 0.1) is 19.3 Å². The number of hydrogen-bond donors (Lipinski definition) is 1. The first kappa shape index (κ1) is 23.8. The highest BCUT2D eigenvalue weighted by Gasteiger charge is 2.38. The van der Waals surface area contributed by atoms with Crippen LogP contribution in [-0.4, -0.2) is 74.0 Å². The Balaban J connectivity index is 1.39. The predicted molar refractivity (Wildman–Crippen MR) is 133 cm³/mol. The van der Waals surface area contributed by atoms with Gasteiger partial charge >= 0.3 is 0 Å². The lowest BCUT2D eigenvalue weighted by atomic mass is 9.74. The van der Waals surface area contributed by atoms with Crippen molar-refractivity contribution in [3.8, 4) is 11.5 Å². The molecule has 1 N–H and O–H groups in total. The van der Waals surface area contributed by atoms with Crippen LogP contribution in [0.2, 0.25) is 0 Å². The summed E-state index contributed by atoms with van der Waals surface area (Å²) in [5, 5.41) is 11.6. The maximum atomic E-state index is 11.6. The van der Waals surface area contributed by atoms with Gasteiger partial charge in [-0.3, -0.25) is 0 Å². The molecule has 1 saturated heterocycles. The summed E-state index contributed by atoms with van der Waals surface area (Å²) >= 11 is 0. The fourth-order valence-electron chi connectivity index (χ4n) is 4.91. The van der Waals surface area contributed by atoms with Gasteiger partial charge in [0.15, 0.2) is 0 Å². The minimum absolute atomic E-state index is 0.0965. The Labute approximate surface area is 198 Å². The molecular formula is C28H38N2O3. The average Bonchev–Trinajstić information content (AvgIpc) is 2.85. The first-order chi connectivity index (χ1) is 16.1. The number of aliphatic hydroxyl groups is 1. The number of ether oxygens (including phenoxy) is 2. The van der Waals surface area contributed by atoms with Gasteiger partial charge in [0.25, 0.3) is 0 Å². The van der Waals surface area contributed by atoms with Crippen LogP contribution in [0.3, 0.4) is 0 Å². The van der Waals surface area contributed by atoms with Crippen molar-refractivity contribution in [2.45, 2.75) is 37.2 Å². The highest BCUT2D eigenvalue weighted by atomic mass is 16.5. The number of nitrogens with zero attached hydrogens (tertiary/aromatic N) is 2. The van der Waals surface area contributed by atoms with Crippen LogP contribution >= 0.6 is 0 Å². The maximum absolute atomic E-state index is 11.6. The van der Waals surface area contributed by atoms with Crippen molar-refractivity contribution in [3.63, 3.8) is 0 Å². The fraction of sp³-hybridized carbons (Fsp3) is 0.500. The average molecular weight is 451 g/mol. The van der Waals surface area contributed by atoms with Crippen molar-refractivity contribution < 1.29 is 14.6 Å². The predicted octanol–water partition coefficient (Wildman–Crippen LogP) is 4.12. The van der Waals surface area contributed by atoms with Crippen molar-refractivity contribution in [1.82, 2.24) is 9.80 Å². The summed E-state index contributed by atoms with van der Waals surface area (Å²) in [4.78, 5) is 4.89. The van der Waals surface area contributed by atoms with E-state index in [0.717, 1.165) is 69.9 Å². The van der Waals surface area contributed by atoms with Gasteiger partial charge in [-0.2, -0.15) is 0 Å². The molecule has 0 bridgehead atoms. The molecular weight excluding hydrogens is 412 g/mol. The zero-order chi connectivity index (χ0) is 23.1. The molecule has 2 aromatic rings. The zero-order valence-corrected chi connectivity index (χ0v) is 20.1. The highest BCUT2D eigenvalue weighted by molar-refractivity contribution is 5.32. The summed E-state index contributed by atoms with van der Waals surface area (Å²) in [6, 6.07) is 16.5. The molecule has 0 radical (unpaired) electrons. The Kier molecular flexibility index (Phi) is 8.07. The number of hydrogen-bond acceptors (Lipinski definition) is 5. The zero-order valence-electron chi connectivity index (χ0n) is 20.1. The van der Waals surface area contributed by atoms with Crippen LogP contribution in [0.25, 0.3) is 0 Å². The van der Waals surface area contributed by atoms with Gasteiger partial charge in [0, 0.05) is 45.1 Å². The second-order valence-electron chi connectivity index (χ2n) is 9.49. The summed E-state index contributed by atoms with van der Waals surface area (Å²) < 4.78 is 11.2. The molecule has 33 heavy (non-hydrogen) atoms. The molecule has 1 aliphatic heterocycles. The summed E-state index contributed by atoms with van der Waals surface area (Å²) in [7, 11) is 3.86. The van der Waals surface area contributed by atoms with E-state index in [0.29, 0.717) is 6.61 Å². The summed E-state index contributed by atoms with van der Waals surface area (Å²) in [6.45, 7) is 5.83. The minimum Gasteiger partial charge on any atom is -0.497 e. The summed E-state index contributed by atoms with van der Waals surface area (Å²) in [5.41, 5.74) is 1.75. The molecule has 0 amide bonds. The SMILES string of the molecule is COc1ccc(CCOc2ccc(C(CN3CCN(C)CC3)C3(O)CC=CCC3)cc2)cc1. The minimum atomic E-state index is -0.686. The van der Waals surface area contributed by atoms with Gasteiger partial charge in [0.2, 0.25) is 0 Å². The number of benzene rings is 2. The molecule has 0 aromatic heterocycles. The number of piperazine rings is 1. The van der Waals surface area contributed by atoms with E-state index in [2.05, 4.69) is 65.4 Å². The van der Waals surface area contributed by atoms with E-state index in [1.54, 1.807) is 7.11 Å². The highest BCUT2D eigenvalue weighted by Crippen LogP contribution is 2.39. The topological polar surface area (TPSA) is 45.2 Å². The van der Waals surface area contributed by atoms with Crippen LogP contribution in [0, 0.1) is 0 Å². The van der Waals surface area contributed by atoms with Crippen LogP contribution in [0.1, 0.15) is 36.3 Å². The molecule has 0 saturated carbocycles. The second-order valence-corrected chi connectivity index (χ2v) is 9.49. The second kappa shape index (κ2) is 11.2. The molecule has 4 rings (SSSR count). The molecule has 5 nitrogen and oxygen atoms in total. The number of allylic oxidation sites excluding steroid dienone is 1. The number of likely N-dealkylation sites (N-methyl/N-ethyl adjacent to an activating group) is 1. The Morgan fingerprint density at radius 3 is 2.27 bits per heavy atom. The molecule has 2 aliphatic rings. The van der Waals surface area contributed by atoms with Gasteiger partial charge in [-0.25, -0.2) is 0 Å². The molecule has 5 heteroatoms. The summed E-state index contributed by atoms with van der Waals surface area (Å²) in [5.74, 6) is 1.84. The van der Waals surface area contributed by atoms with Crippen molar-refractivity contribution in [2.75, 3.05) is 53.5 Å². The smallest absolute Gasteiger partial charge is 0.119 e. The van der Waals surface area contributed by atoms with Crippen LogP contribution in [0.5, 0.6) is 11.5 Å². The van der Waals surface area contributed by atoms with Gasteiger partial charge in [-0.15, -0.1) is 0 Å². The number of methoxy groups -OCH3 is 1. The fourth-order valence-corrected chi connectivity index (χ4v) is 4.91. The van der Waals surface area contributed by atoms with E-state index in [9.17, 15) is 5.11 Å². The van der Waals surface area contributed by atoms with Gasteiger partial charge in [-0.1, -0.05) is 36.4 Å². The summed E-state index contributed by atoms with van der Waals surface area (Å²) in [6.07, 6.45) is 7.69. The Hall–Kier alpha value is -2.34. The number of rotatable bonds is 9. The molecule has 1 heterocycles.